The molecule has 0 fully saturated rings. The fourth-order valence-electron chi connectivity index (χ4n) is 7.01. The molecule has 0 aliphatic heterocycles. The van der Waals surface area contributed by atoms with Crippen molar-refractivity contribution in [2.24, 2.45) is 0 Å². The van der Waals surface area contributed by atoms with E-state index in [1.807, 2.05) is 0 Å². The van der Waals surface area contributed by atoms with Crippen molar-refractivity contribution in [3.8, 4) is 0 Å². The number of carbonyl (C=O) groups is 3. The van der Waals surface area contributed by atoms with E-state index in [0.29, 0.717) is 19.3 Å². The van der Waals surface area contributed by atoms with E-state index >= 15 is 0 Å². The molecule has 0 heterocycles. The number of hydrogen-bond acceptors (Lipinski definition) is 6. The summed E-state index contributed by atoms with van der Waals surface area (Å²) in [5.74, 6) is -0.929. The number of hydrogen-bond donors (Lipinski definition) is 0. The van der Waals surface area contributed by atoms with Crippen LogP contribution >= 0.6 is 0 Å². The van der Waals surface area contributed by atoms with Crippen molar-refractivity contribution < 1.29 is 28.6 Å². The Kier molecular flexibility index (Phi) is 47.9. The van der Waals surface area contributed by atoms with Gasteiger partial charge in [-0.1, -0.05) is 190 Å². The summed E-state index contributed by atoms with van der Waals surface area (Å²) in [6, 6.07) is 0. The number of unbranched alkanes of at least 4 members (excludes halogenated alkanes) is 23. The van der Waals surface area contributed by atoms with Crippen molar-refractivity contribution in [3.63, 3.8) is 0 Å². The van der Waals surface area contributed by atoms with Gasteiger partial charge in [0.25, 0.3) is 0 Å². The third-order valence-corrected chi connectivity index (χ3v) is 10.9. The smallest absolute Gasteiger partial charge is 0.306 e. The summed E-state index contributed by atoms with van der Waals surface area (Å²) in [6.45, 7) is 6.46. The molecule has 0 radical (unpaired) electrons. The van der Waals surface area contributed by atoms with Gasteiger partial charge < -0.3 is 14.2 Å². The van der Waals surface area contributed by atoms with Crippen LogP contribution in [0.25, 0.3) is 0 Å². The van der Waals surface area contributed by atoms with Gasteiger partial charge in [0.2, 0.25) is 0 Å². The van der Waals surface area contributed by atoms with Crippen LogP contribution in [0.3, 0.4) is 0 Å². The van der Waals surface area contributed by atoms with E-state index in [9.17, 15) is 14.4 Å². The Hall–Kier alpha value is -3.15. The Morgan fingerprint density at radius 3 is 1.03 bits per heavy atom. The first-order valence-electron chi connectivity index (χ1n) is 25.9. The highest BCUT2D eigenvalue weighted by Crippen LogP contribution is 2.13. The van der Waals surface area contributed by atoms with Gasteiger partial charge in [0.1, 0.15) is 13.2 Å². The lowest BCUT2D eigenvalue weighted by Crippen LogP contribution is -2.30. The first-order chi connectivity index (χ1) is 30.5. The quantitative estimate of drug-likeness (QED) is 0.0262. The molecule has 0 aromatic rings. The maximum absolute atomic E-state index is 12.8. The van der Waals surface area contributed by atoms with Gasteiger partial charge in [-0.3, -0.25) is 14.4 Å². The lowest BCUT2D eigenvalue weighted by molar-refractivity contribution is -0.167. The lowest BCUT2D eigenvalue weighted by Gasteiger charge is -2.18. The molecule has 0 aliphatic carbocycles. The summed E-state index contributed by atoms with van der Waals surface area (Å²) >= 11 is 0. The zero-order valence-corrected chi connectivity index (χ0v) is 40.6. The topological polar surface area (TPSA) is 78.9 Å². The molecule has 1 unspecified atom stereocenters. The summed E-state index contributed by atoms with van der Waals surface area (Å²) in [4.78, 5) is 38.0. The summed E-state index contributed by atoms with van der Waals surface area (Å²) in [5.41, 5.74) is 0. The fourth-order valence-corrected chi connectivity index (χ4v) is 7.01. The van der Waals surface area contributed by atoms with E-state index in [0.717, 1.165) is 128 Å². The number of allylic oxidation sites excluding steroid dienone is 12. The van der Waals surface area contributed by atoms with Crippen LogP contribution in [0.15, 0.2) is 72.9 Å². The Morgan fingerprint density at radius 1 is 0.339 bits per heavy atom. The molecule has 6 heteroatoms. The molecule has 62 heavy (non-hydrogen) atoms. The van der Waals surface area contributed by atoms with Crippen LogP contribution in [0.1, 0.15) is 245 Å². The summed E-state index contributed by atoms with van der Waals surface area (Å²) in [6.07, 6.45) is 63.1. The minimum absolute atomic E-state index is 0.0913. The van der Waals surface area contributed by atoms with Crippen LogP contribution in [0.5, 0.6) is 0 Å². The van der Waals surface area contributed by atoms with Crippen molar-refractivity contribution in [1.82, 2.24) is 0 Å². The van der Waals surface area contributed by atoms with Gasteiger partial charge in [-0.05, 0) is 109 Å². The average Bonchev–Trinajstić information content (AvgIpc) is 3.27. The summed E-state index contributed by atoms with van der Waals surface area (Å²) in [7, 11) is 0. The van der Waals surface area contributed by atoms with Gasteiger partial charge in [0, 0.05) is 19.3 Å². The Labute approximate surface area is 382 Å². The van der Waals surface area contributed by atoms with Crippen molar-refractivity contribution >= 4 is 17.9 Å². The first-order valence-corrected chi connectivity index (χ1v) is 25.9. The molecule has 6 nitrogen and oxygen atoms in total. The van der Waals surface area contributed by atoms with Crippen molar-refractivity contribution in [1.29, 1.82) is 0 Å². The zero-order valence-electron chi connectivity index (χ0n) is 40.6. The van der Waals surface area contributed by atoms with E-state index in [1.165, 1.54) is 77.0 Å². The molecule has 0 bridgehead atoms. The second kappa shape index (κ2) is 50.5. The van der Waals surface area contributed by atoms with Crippen LogP contribution in [0.2, 0.25) is 0 Å². The second-order valence-corrected chi connectivity index (χ2v) is 17.0. The van der Waals surface area contributed by atoms with Gasteiger partial charge >= 0.3 is 17.9 Å². The molecule has 0 amide bonds. The average molecular weight is 865 g/mol. The van der Waals surface area contributed by atoms with Crippen LogP contribution in [-0.4, -0.2) is 37.2 Å². The SMILES string of the molecule is CC/C=C\C/C=C\C/C=C\CCCCCCCC(=O)OCC(COC(=O)CCCCCCC/C=C\CCCCCCC)OC(=O)CCCCCCC/C=C\C/C=C\CCCCC. The standard InChI is InChI=1S/C56H96O6/c1-4-7-10-13-16-19-22-25-28-31-34-37-40-43-46-49-55(58)61-52-53(51-60-54(57)48-45-42-39-36-33-30-27-24-21-18-15-12-9-6-3)62-56(59)50-47-44-41-38-35-32-29-26-23-20-17-14-11-8-5-2/h7,10,16-17,19-20,24-29,53H,4-6,8-9,11-15,18,21-23,30-52H2,1-3H3/b10-7-,19-16-,20-17-,27-24-,28-25-,29-26-. The van der Waals surface area contributed by atoms with Gasteiger partial charge in [0.15, 0.2) is 6.10 Å². The largest absolute Gasteiger partial charge is 0.462 e. The van der Waals surface area contributed by atoms with Gasteiger partial charge in [-0.25, -0.2) is 0 Å². The van der Waals surface area contributed by atoms with Crippen molar-refractivity contribution in [2.45, 2.75) is 252 Å². The summed E-state index contributed by atoms with van der Waals surface area (Å²) < 4.78 is 16.8. The molecule has 0 N–H and O–H groups in total. The second-order valence-electron chi connectivity index (χ2n) is 17.0. The third kappa shape index (κ3) is 47.9. The lowest BCUT2D eigenvalue weighted by atomic mass is 10.1. The normalized spacial score (nSPS) is 12.6. The molecular formula is C56H96O6. The Bertz CT molecular complexity index is 1180. The first kappa shape index (κ1) is 58.9. The van der Waals surface area contributed by atoms with E-state index < -0.39 is 6.10 Å². The molecule has 1 atom stereocenters. The van der Waals surface area contributed by atoms with Crippen LogP contribution < -0.4 is 0 Å². The Morgan fingerprint density at radius 2 is 0.629 bits per heavy atom. The molecule has 356 valence electrons. The fraction of sp³-hybridized carbons (Fsp3) is 0.732. The monoisotopic (exact) mass is 865 g/mol. The molecule has 0 aliphatic rings. The van der Waals surface area contributed by atoms with Crippen molar-refractivity contribution in [2.75, 3.05) is 13.2 Å². The van der Waals surface area contributed by atoms with Crippen LogP contribution in [0, 0.1) is 0 Å². The highest BCUT2D eigenvalue weighted by atomic mass is 16.6. The van der Waals surface area contributed by atoms with Gasteiger partial charge in [-0.15, -0.1) is 0 Å². The van der Waals surface area contributed by atoms with Gasteiger partial charge in [-0.2, -0.15) is 0 Å². The molecule has 0 spiro atoms. The van der Waals surface area contributed by atoms with Gasteiger partial charge in [0.05, 0.1) is 0 Å². The number of esters is 3. The van der Waals surface area contributed by atoms with E-state index in [2.05, 4.69) is 93.7 Å². The number of rotatable bonds is 46. The third-order valence-electron chi connectivity index (χ3n) is 10.9. The van der Waals surface area contributed by atoms with Crippen molar-refractivity contribution in [3.05, 3.63) is 72.9 Å². The van der Waals surface area contributed by atoms with E-state index in [-0.39, 0.29) is 31.1 Å². The van der Waals surface area contributed by atoms with E-state index in [1.54, 1.807) is 0 Å². The molecule has 0 saturated heterocycles. The molecule has 0 rings (SSSR count). The number of ether oxygens (including phenoxy) is 3. The zero-order chi connectivity index (χ0) is 45.1. The maximum atomic E-state index is 12.8. The molecule has 0 aromatic heterocycles. The number of carbonyl (C=O) groups excluding carboxylic acids is 3. The Balaban J connectivity index is 4.45. The van der Waals surface area contributed by atoms with Crippen LogP contribution in [0.4, 0.5) is 0 Å². The minimum Gasteiger partial charge on any atom is -0.462 e. The molecular weight excluding hydrogens is 769 g/mol. The predicted octanol–water partition coefficient (Wildman–Crippen LogP) is 17.0. The highest BCUT2D eigenvalue weighted by Gasteiger charge is 2.19. The van der Waals surface area contributed by atoms with Crippen LogP contribution in [-0.2, 0) is 28.6 Å². The predicted molar refractivity (Wildman–Crippen MR) is 265 cm³/mol. The van der Waals surface area contributed by atoms with E-state index in [4.69, 9.17) is 14.2 Å². The summed E-state index contributed by atoms with van der Waals surface area (Å²) in [5, 5.41) is 0. The maximum Gasteiger partial charge on any atom is 0.306 e. The minimum atomic E-state index is -0.792. The molecule has 0 aromatic carbocycles. The molecule has 0 saturated carbocycles. The highest BCUT2D eigenvalue weighted by molar-refractivity contribution is 5.71.